The van der Waals surface area contributed by atoms with Crippen molar-refractivity contribution >= 4 is 32.2 Å². The van der Waals surface area contributed by atoms with Crippen molar-refractivity contribution in [3.05, 3.63) is 89.4 Å². The van der Waals surface area contributed by atoms with Gasteiger partial charge in [-0.25, -0.2) is 18.4 Å². The summed E-state index contributed by atoms with van der Waals surface area (Å²) in [5.41, 5.74) is 5.70. The Bertz CT molecular complexity index is 1650. The van der Waals surface area contributed by atoms with Crippen LogP contribution in [0, 0.1) is 6.92 Å². The van der Waals surface area contributed by atoms with Crippen LogP contribution in [-0.4, -0.2) is 48.7 Å². The molecule has 0 saturated carbocycles. The molecule has 9 heteroatoms. The number of hydrogen-bond donors (Lipinski definition) is 1. The number of ether oxygens (including phenoxy) is 1. The van der Waals surface area contributed by atoms with Gasteiger partial charge in [0.2, 0.25) is 0 Å². The maximum atomic E-state index is 12.7. The van der Waals surface area contributed by atoms with Gasteiger partial charge in [-0.1, -0.05) is 18.2 Å². The highest BCUT2D eigenvalue weighted by Crippen LogP contribution is 2.23. The van der Waals surface area contributed by atoms with E-state index in [9.17, 15) is 13.2 Å². The van der Waals surface area contributed by atoms with Crippen molar-refractivity contribution in [3.63, 3.8) is 0 Å². The summed E-state index contributed by atoms with van der Waals surface area (Å²) in [6, 6.07) is 16.2. The zero-order valence-electron chi connectivity index (χ0n) is 20.6. The van der Waals surface area contributed by atoms with E-state index in [2.05, 4.69) is 16.4 Å². The number of aryl methyl sites for hydroxylation is 1. The number of carbonyl (C=O) groups is 1. The molecule has 1 aromatic carbocycles. The molecule has 0 bridgehead atoms. The van der Waals surface area contributed by atoms with Gasteiger partial charge in [-0.3, -0.25) is 9.78 Å². The van der Waals surface area contributed by atoms with Crippen LogP contribution < -0.4 is 5.32 Å². The number of carbonyl (C=O) groups excluding carboxylic acids is 1. The summed E-state index contributed by atoms with van der Waals surface area (Å²) in [6.45, 7) is 3.16. The van der Waals surface area contributed by atoms with Gasteiger partial charge < -0.3 is 10.1 Å². The molecular weight excluding hydrogens is 488 g/mol. The van der Waals surface area contributed by atoms with Crippen molar-refractivity contribution in [1.82, 2.24) is 20.3 Å². The Morgan fingerprint density at radius 1 is 1.03 bits per heavy atom. The monoisotopic (exact) mass is 514 g/mol. The molecule has 0 spiro atoms. The van der Waals surface area contributed by atoms with Crippen LogP contribution in [0.1, 0.15) is 33.7 Å². The Hall–Kier alpha value is -3.95. The number of amides is 1. The van der Waals surface area contributed by atoms with Crippen molar-refractivity contribution in [2.24, 2.45) is 0 Å². The average molecular weight is 515 g/mol. The summed E-state index contributed by atoms with van der Waals surface area (Å²) in [6.07, 6.45) is 5.89. The minimum absolute atomic E-state index is 0.144. The van der Waals surface area contributed by atoms with Crippen LogP contribution >= 0.6 is 0 Å². The molecule has 4 aromatic rings. The lowest BCUT2D eigenvalue weighted by molar-refractivity contribution is 0.0950. The minimum Gasteiger partial charge on any atom is -0.376 e. The topological polar surface area (TPSA) is 111 Å². The number of fused-ring (bicyclic) bond motifs is 1. The van der Waals surface area contributed by atoms with Gasteiger partial charge in [-0.15, -0.1) is 0 Å². The second kappa shape index (κ2) is 10.2. The van der Waals surface area contributed by atoms with E-state index in [1.807, 2.05) is 36.4 Å². The van der Waals surface area contributed by atoms with E-state index in [1.165, 1.54) is 6.07 Å². The zero-order chi connectivity index (χ0) is 26.0. The standard InChI is InChI=1S/C28H26N4O4S/c1-18-8-9-19(13-27(18)37(2,34)35)28(33)30-16-22-14-26-20(15-29-22)10-11-25(32-26)24-7-3-6-23(31-24)21-5-4-12-36-17-21/h3,5-11,13-15H,4,12,16-17H2,1-2H3,(H,30,33). The predicted octanol–water partition coefficient (Wildman–Crippen LogP) is 4.14. The summed E-state index contributed by atoms with van der Waals surface area (Å²) in [4.78, 5) is 26.9. The number of nitrogens with zero attached hydrogens (tertiary/aromatic N) is 3. The number of benzene rings is 1. The fraction of sp³-hybridized carbons (Fsp3) is 0.214. The Balaban J connectivity index is 1.35. The molecule has 5 rings (SSSR count). The molecule has 8 nitrogen and oxygen atoms in total. The Kier molecular flexibility index (Phi) is 6.82. The lowest BCUT2D eigenvalue weighted by atomic mass is 10.1. The van der Waals surface area contributed by atoms with Gasteiger partial charge in [-0.2, -0.15) is 0 Å². The summed E-state index contributed by atoms with van der Waals surface area (Å²) in [5.74, 6) is -0.379. The van der Waals surface area contributed by atoms with Gasteiger partial charge in [0.25, 0.3) is 5.91 Å². The highest BCUT2D eigenvalue weighted by Gasteiger charge is 2.15. The van der Waals surface area contributed by atoms with Crippen LogP contribution in [0.5, 0.6) is 0 Å². The van der Waals surface area contributed by atoms with E-state index in [1.54, 1.807) is 25.3 Å². The number of rotatable bonds is 6. The molecule has 4 heterocycles. The van der Waals surface area contributed by atoms with Crippen LogP contribution in [0.4, 0.5) is 0 Å². The van der Waals surface area contributed by atoms with Gasteiger partial charge in [0, 0.05) is 23.4 Å². The molecule has 1 aliphatic rings. The second-order valence-corrected chi connectivity index (χ2v) is 11.0. The molecule has 37 heavy (non-hydrogen) atoms. The van der Waals surface area contributed by atoms with Crippen LogP contribution in [-0.2, 0) is 21.1 Å². The first-order valence-corrected chi connectivity index (χ1v) is 13.8. The highest BCUT2D eigenvalue weighted by molar-refractivity contribution is 7.90. The molecule has 0 fully saturated rings. The SMILES string of the molecule is Cc1ccc(C(=O)NCc2cc3nc(-c4cccc(C5=CCCOC5)n4)ccc3cn2)cc1S(C)(=O)=O. The maximum absolute atomic E-state index is 12.7. The third-order valence-corrected chi connectivity index (χ3v) is 7.40. The molecule has 0 unspecified atom stereocenters. The van der Waals surface area contributed by atoms with E-state index >= 15 is 0 Å². The van der Waals surface area contributed by atoms with Gasteiger partial charge in [0.05, 0.1) is 52.9 Å². The maximum Gasteiger partial charge on any atom is 0.251 e. The predicted molar refractivity (Wildman–Crippen MR) is 142 cm³/mol. The van der Waals surface area contributed by atoms with Crippen molar-refractivity contribution in [2.75, 3.05) is 19.5 Å². The molecular formula is C28H26N4O4S. The van der Waals surface area contributed by atoms with Gasteiger partial charge in [-0.05, 0) is 66.9 Å². The van der Waals surface area contributed by atoms with Crippen molar-refractivity contribution in [1.29, 1.82) is 0 Å². The van der Waals surface area contributed by atoms with Gasteiger partial charge >= 0.3 is 0 Å². The first-order chi connectivity index (χ1) is 17.8. The minimum atomic E-state index is -3.43. The largest absolute Gasteiger partial charge is 0.376 e. The van der Waals surface area contributed by atoms with Crippen LogP contribution in [0.25, 0.3) is 27.9 Å². The first-order valence-electron chi connectivity index (χ1n) is 11.9. The lowest BCUT2D eigenvalue weighted by Crippen LogP contribution is -2.23. The van der Waals surface area contributed by atoms with Gasteiger partial charge in [0.15, 0.2) is 9.84 Å². The summed E-state index contributed by atoms with van der Waals surface area (Å²) in [5, 5.41) is 3.68. The quantitative estimate of drug-likeness (QED) is 0.412. The molecule has 3 aromatic heterocycles. The van der Waals surface area contributed by atoms with E-state index in [-0.39, 0.29) is 22.9 Å². The number of hydrogen-bond acceptors (Lipinski definition) is 7. The van der Waals surface area contributed by atoms with E-state index in [4.69, 9.17) is 14.7 Å². The average Bonchev–Trinajstić information content (AvgIpc) is 2.91. The van der Waals surface area contributed by atoms with E-state index < -0.39 is 9.84 Å². The van der Waals surface area contributed by atoms with Crippen LogP contribution in [0.2, 0.25) is 0 Å². The summed E-state index contributed by atoms with van der Waals surface area (Å²) >= 11 is 0. The third kappa shape index (κ3) is 5.58. The van der Waals surface area contributed by atoms with Crippen molar-refractivity contribution in [2.45, 2.75) is 24.8 Å². The fourth-order valence-electron chi connectivity index (χ4n) is 4.20. The fourth-order valence-corrected chi connectivity index (χ4v) is 5.20. The van der Waals surface area contributed by atoms with Gasteiger partial charge in [0.1, 0.15) is 0 Å². The number of nitrogens with one attached hydrogen (secondary N) is 1. The smallest absolute Gasteiger partial charge is 0.251 e. The molecule has 1 amide bonds. The van der Waals surface area contributed by atoms with Crippen molar-refractivity contribution in [3.8, 4) is 11.4 Å². The number of aromatic nitrogens is 3. The molecule has 0 radical (unpaired) electrons. The van der Waals surface area contributed by atoms with Crippen LogP contribution in [0.3, 0.4) is 0 Å². The number of sulfone groups is 1. The molecule has 0 saturated heterocycles. The molecule has 1 N–H and O–H groups in total. The number of pyridine rings is 3. The third-order valence-electron chi connectivity index (χ3n) is 6.16. The van der Waals surface area contributed by atoms with E-state index in [0.717, 1.165) is 52.8 Å². The molecule has 0 atom stereocenters. The summed E-state index contributed by atoms with van der Waals surface area (Å²) < 4.78 is 29.6. The Labute approximate surface area is 215 Å². The second-order valence-electron chi connectivity index (χ2n) is 8.98. The molecule has 188 valence electrons. The molecule has 0 aliphatic carbocycles. The Morgan fingerprint density at radius 2 is 1.84 bits per heavy atom. The van der Waals surface area contributed by atoms with E-state index in [0.29, 0.717) is 17.9 Å². The van der Waals surface area contributed by atoms with Crippen LogP contribution in [0.15, 0.2) is 71.8 Å². The Morgan fingerprint density at radius 3 is 2.62 bits per heavy atom. The van der Waals surface area contributed by atoms with Crippen molar-refractivity contribution < 1.29 is 17.9 Å². The normalized spacial score (nSPS) is 13.8. The summed E-state index contributed by atoms with van der Waals surface area (Å²) in [7, 11) is -3.43. The zero-order valence-corrected chi connectivity index (χ0v) is 21.4. The lowest BCUT2D eigenvalue weighted by Gasteiger charge is -2.13. The first kappa shape index (κ1) is 24.7. The molecule has 1 aliphatic heterocycles. The highest BCUT2D eigenvalue weighted by atomic mass is 32.2.